The van der Waals surface area contributed by atoms with Crippen LogP contribution in [0.2, 0.25) is 0 Å². The van der Waals surface area contributed by atoms with E-state index in [-0.39, 0.29) is 12.0 Å². The maximum absolute atomic E-state index is 10.9. The quantitative estimate of drug-likeness (QED) is 0.463. The van der Waals surface area contributed by atoms with E-state index in [4.69, 9.17) is 19.4 Å². The van der Waals surface area contributed by atoms with E-state index in [2.05, 4.69) is 36.4 Å². The van der Waals surface area contributed by atoms with Crippen LogP contribution in [0.15, 0.2) is 65.2 Å². The number of hydrogen-bond donors (Lipinski definition) is 1. The Hall–Kier alpha value is -3.55. The third kappa shape index (κ3) is 5.58. The van der Waals surface area contributed by atoms with Crippen LogP contribution in [0.3, 0.4) is 0 Å². The number of carbonyl (C=O) groups is 1. The molecule has 1 heterocycles. The number of aliphatic carboxylic acids is 1. The Balaban J connectivity index is 1.57. The highest BCUT2D eigenvalue weighted by molar-refractivity contribution is 5.80. The zero-order chi connectivity index (χ0) is 25.0. The highest BCUT2D eigenvalue weighted by atomic mass is 16.5. The summed E-state index contributed by atoms with van der Waals surface area (Å²) in [5, 5.41) is 13.2. The maximum atomic E-state index is 10.9. The van der Waals surface area contributed by atoms with Crippen LogP contribution in [0.4, 0.5) is 0 Å². The van der Waals surface area contributed by atoms with E-state index < -0.39 is 5.97 Å². The van der Waals surface area contributed by atoms with E-state index in [1.165, 1.54) is 11.1 Å². The minimum atomic E-state index is -0.842. The number of rotatable bonds is 9. The first-order valence-corrected chi connectivity index (χ1v) is 11.6. The molecule has 0 saturated carbocycles. The first kappa shape index (κ1) is 24.6. The summed E-state index contributed by atoms with van der Waals surface area (Å²) in [4.78, 5) is 17.4. The summed E-state index contributed by atoms with van der Waals surface area (Å²) in [7, 11) is 3.52. The second kappa shape index (κ2) is 10.4. The fourth-order valence-electron chi connectivity index (χ4n) is 4.68. The number of benzene rings is 2. The number of ether oxygens (including phenoxy) is 1. The van der Waals surface area contributed by atoms with Crippen molar-refractivity contribution in [3.63, 3.8) is 0 Å². The van der Waals surface area contributed by atoms with Crippen molar-refractivity contribution in [1.29, 1.82) is 0 Å². The summed E-state index contributed by atoms with van der Waals surface area (Å²) in [6.07, 6.45) is 4.91. The van der Waals surface area contributed by atoms with Gasteiger partial charge in [-0.2, -0.15) is 4.98 Å². The second-order valence-corrected chi connectivity index (χ2v) is 9.44. The fraction of sp³-hybridized carbons (Fsp3) is 0.321. The van der Waals surface area contributed by atoms with Crippen molar-refractivity contribution < 1.29 is 19.2 Å². The summed E-state index contributed by atoms with van der Waals surface area (Å²) >= 11 is 0. The van der Waals surface area contributed by atoms with Gasteiger partial charge in [0.05, 0.1) is 13.2 Å². The lowest BCUT2D eigenvalue weighted by Gasteiger charge is -2.34. The lowest BCUT2D eigenvalue weighted by Crippen LogP contribution is -2.27. The first-order chi connectivity index (χ1) is 16.8. The van der Waals surface area contributed by atoms with Crippen molar-refractivity contribution in [2.24, 2.45) is 5.41 Å². The number of carboxylic acids is 1. The predicted octanol–water partition coefficient (Wildman–Crippen LogP) is 5.08. The number of aryl methyl sites for hydroxylation is 1. The standard InChI is InChI=1S/C28H31N3O4/c1-19-14-21(10-11-23(19)16-31(3)17-25(32)33)26-29-27(35-30-26)22-12-13-24(20-8-6-5-7-9-20)28(2,15-22)18-34-4/h5-14H,15-18H2,1-4H3,(H,32,33). The van der Waals surface area contributed by atoms with Crippen LogP contribution in [0.25, 0.3) is 22.5 Å². The Labute approximate surface area is 205 Å². The minimum Gasteiger partial charge on any atom is -0.480 e. The minimum absolute atomic E-state index is 0.00702. The zero-order valence-electron chi connectivity index (χ0n) is 20.6. The third-order valence-electron chi connectivity index (χ3n) is 6.38. The molecule has 7 heteroatoms. The summed E-state index contributed by atoms with van der Waals surface area (Å²) in [5.41, 5.74) is 6.12. The predicted molar refractivity (Wildman–Crippen MR) is 135 cm³/mol. The average Bonchev–Trinajstić information content (AvgIpc) is 3.31. The number of aromatic nitrogens is 2. The Morgan fingerprint density at radius 3 is 2.63 bits per heavy atom. The molecular weight excluding hydrogens is 442 g/mol. The normalized spacial score (nSPS) is 17.9. The molecular formula is C28H31N3O4. The Bertz CT molecular complexity index is 1260. The van der Waals surface area contributed by atoms with Crippen LogP contribution >= 0.6 is 0 Å². The SMILES string of the molecule is COCC1(C)CC(c2nc(-c3ccc(CN(C)CC(=O)O)c(C)c3)no2)=CC=C1c1ccccc1. The molecule has 0 spiro atoms. The molecule has 3 aromatic rings. The van der Waals surface area contributed by atoms with Crippen LogP contribution in [0.5, 0.6) is 0 Å². The summed E-state index contributed by atoms with van der Waals surface area (Å²) in [6.45, 7) is 5.32. The second-order valence-electron chi connectivity index (χ2n) is 9.44. The van der Waals surface area contributed by atoms with Gasteiger partial charge in [0, 0.05) is 30.2 Å². The highest BCUT2D eigenvalue weighted by Crippen LogP contribution is 2.45. The number of nitrogens with zero attached hydrogens (tertiary/aromatic N) is 3. The van der Waals surface area contributed by atoms with Crippen molar-refractivity contribution in [2.75, 3.05) is 27.3 Å². The molecule has 0 radical (unpaired) electrons. The van der Waals surface area contributed by atoms with Crippen LogP contribution < -0.4 is 0 Å². The van der Waals surface area contributed by atoms with Crippen LogP contribution in [-0.4, -0.2) is 53.4 Å². The molecule has 0 aliphatic heterocycles. The van der Waals surface area contributed by atoms with Gasteiger partial charge in [-0.15, -0.1) is 0 Å². The first-order valence-electron chi connectivity index (χ1n) is 11.6. The Morgan fingerprint density at radius 1 is 1.17 bits per heavy atom. The smallest absolute Gasteiger partial charge is 0.317 e. The molecule has 0 bridgehead atoms. The number of allylic oxidation sites excluding steroid dienone is 3. The van der Waals surface area contributed by atoms with Crippen LogP contribution in [0.1, 0.15) is 35.9 Å². The number of carboxylic acid groups (broad SMARTS) is 1. The van der Waals surface area contributed by atoms with Gasteiger partial charge in [-0.25, -0.2) is 0 Å². The highest BCUT2D eigenvalue weighted by Gasteiger charge is 2.35. The Kier molecular flexibility index (Phi) is 7.28. The topological polar surface area (TPSA) is 88.7 Å². The molecule has 0 fully saturated rings. The molecule has 182 valence electrons. The molecule has 1 N–H and O–H groups in total. The molecule has 4 rings (SSSR count). The van der Waals surface area contributed by atoms with E-state index in [0.717, 1.165) is 28.7 Å². The summed E-state index contributed by atoms with van der Waals surface area (Å²) in [5.74, 6) is 0.194. The van der Waals surface area contributed by atoms with Gasteiger partial charge < -0.3 is 14.4 Å². The Morgan fingerprint density at radius 2 is 1.94 bits per heavy atom. The molecule has 7 nitrogen and oxygen atoms in total. The summed E-state index contributed by atoms with van der Waals surface area (Å²) in [6, 6.07) is 16.3. The van der Waals surface area contributed by atoms with E-state index in [1.54, 1.807) is 19.1 Å². The molecule has 1 aliphatic carbocycles. The number of likely N-dealkylation sites (N-methyl/N-ethyl adjacent to an activating group) is 1. The molecule has 0 amide bonds. The van der Waals surface area contributed by atoms with Gasteiger partial charge in [-0.1, -0.05) is 66.7 Å². The monoisotopic (exact) mass is 473 g/mol. The fourth-order valence-corrected chi connectivity index (χ4v) is 4.68. The van der Waals surface area contributed by atoms with Gasteiger partial charge in [-0.05, 0) is 48.7 Å². The van der Waals surface area contributed by atoms with E-state index in [9.17, 15) is 4.79 Å². The lowest BCUT2D eigenvalue weighted by atomic mass is 9.71. The van der Waals surface area contributed by atoms with Crippen molar-refractivity contribution in [2.45, 2.75) is 26.8 Å². The van der Waals surface area contributed by atoms with E-state index in [1.807, 2.05) is 43.3 Å². The van der Waals surface area contributed by atoms with Gasteiger partial charge >= 0.3 is 5.97 Å². The van der Waals surface area contributed by atoms with Crippen molar-refractivity contribution in [1.82, 2.24) is 15.0 Å². The maximum Gasteiger partial charge on any atom is 0.317 e. The zero-order valence-corrected chi connectivity index (χ0v) is 20.6. The third-order valence-corrected chi connectivity index (χ3v) is 6.38. The van der Waals surface area contributed by atoms with Gasteiger partial charge in [0.2, 0.25) is 5.82 Å². The van der Waals surface area contributed by atoms with Crippen LogP contribution in [-0.2, 0) is 16.1 Å². The molecule has 1 unspecified atom stereocenters. The van der Waals surface area contributed by atoms with E-state index >= 15 is 0 Å². The number of methoxy groups -OCH3 is 1. The average molecular weight is 474 g/mol. The van der Waals surface area contributed by atoms with Crippen molar-refractivity contribution in [3.8, 4) is 11.4 Å². The molecule has 2 aromatic carbocycles. The largest absolute Gasteiger partial charge is 0.480 e. The number of hydrogen-bond acceptors (Lipinski definition) is 6. The molecule has 35 heavy (non-hydrogen) atoms. The molecule has 0 saturated heterocycles. The van der Waals surface area contributed by atoms with Crippen molar-refractivity contribution in [3.05, 3.63) is 83.3 Å². The molecule has 1 atom stereocenters. The summed E-state index contributed by atoms with van der Waals surface area (Å²) < 4.78 is 11.3. The lowest BCUT2D eigenvalue weighted by molar-refractivity contribution is -0.138. The van der Waals surface area contributed by atoms with Gasteiger partial charge in [-0.3, -0.25) is 9.69 Å². The van der Waals surface area contributed by atoms with Gasteiger partial charge in [0.25, 0.3) is 5.89 Å². The van der Waals surface area contributed by atoms with Gasteiger partial charge in [0.15, 0.2) is 0 Å². The van der Waals surface area contributed by atoms with Gasteiger partial charge in [0.1, 0.15) is 0 Å². The van der Waals surface area contributed by atoms with Crippen molar-refractivity contribution >= 4 is 17.1 Å². The molecule has 1 aliphatic rings. The van der Waals surface area contributed by atoms with Crippen LogP contribution in [0, 0.1) is 12.3 Å². The molecule has 1 aromatic heterocycles. The van der Waals surface area contributed by atoms with E-state index in [0.29, 0.717) is 24.9 Å².